The van der Waals surface area contributed by atoms with Gasteiger partial charge in [0.25, 0.3) is 5.69 Å². The first-order chi connectivity index (χ1) is 12.9. The molecular formula is C18H17N4O5. The molecule has 27 heavy (non-hydrogen) atoms. The Morgan fingerprint density at radius 2 is 1.85 bits per heavy atom. The number of benzene rings is 2. The highest BCUT2D eigenvalue weighted by molar-refractivity contribution is 5.80. The average Bonchev–Trinajstić information content (AvgIpc) is 2.66. The van der Waals surface area contributed by atoms with Crippen LogP contribution in [0.2, 0.25) is 0 Å². The van der Waals surface area contributed by atoms with Gasteiger partial charge in [0.1, 0.15) is 12.4 Å². The van der Waals surface area contributed by atoms with E-state index in [1.165, 1.54) is 12.1 Å². The molecule has 0 aliphatic carbocycles. The lowest BCUT2D eigenvalue weighted by molar-refractivity contribution is -0.384. The molecule has 1 radical (unpaired) electrons. The number of aromatic nitrogens is 2. The maximum absolute atomic E-state index is 11.6. The van der Waals surface area contributed by atoms with E-state index in [1.54, 1.807) is 0 Å². The molecule has 0 saturated carbocycles. The van der Waals surface area contributed by atoms with E-state index in [2.05, 4.69) is 22.2 Å². The lowest BCUT2D eigenvalue weighted by Crippen LogP contribution is -2.32. The number of nitro benzene ring substituents is 1. The van der Waals surface area contributed by atoms with Crippen molar-refractivity contribution >= 4 is 16.7 Å². The largest absolute Gasteiger partial charge is 0.492 e. The van der Waals surface area contributed by atoms with Crippen molar-refractivity contribution in [1.82, 2.24) is 15.3 Å². The zero-order chi connectivity index (χ0) is 19.4. The number of non-ortho nitro benzene ring substituents is 1. The highest BCUT2D eigenvalue weighted by Gasteiger charge is 2.14. The molecular weight excluding hydrogens is 352 g/mol. The molecule has 3 N–H and O–H groups in total. The SMILES string of the molecule is [CH2]C(COc1ccccc1)NCc1cc([N+](=O)[O-])cc2[nH]c(=O)c(=O)[nH]c12. The fourth-order valence-electron chi connectivity index (χ4n) is 2.55. The Labute approximate surface area is 153 Å². The molecule has 0 fully saturated rings. The van der Waals surface area contributed by atoms with Gasteiger partial charge in [0.2, 0.25) is 0 Å². The van der Waals surface area contributed by atoms with E-state index in [4.69, 9.17) is 4.74 Å². The van der Waals surface area contributed by atoms with E-state index < -0.39 is 16.0 Å². The topological polar surface area (TPSA) is 130 Å². The Bertz CT molecular complexity index is 1070. The minimum atomic E-state index is -0.867. The Morgan fingerprint density at radius 3 is 2.56 bits per heavy atom. The number of nitrogens with zero attached hydrogens (tertiary/aromatic N) is 1. The average molecular weight is 369 g/mol. The monoisotopic (exact) mass is 369 g/mol. The molecule has 9 nitrogen and oxygen atoms in total. The Morgan fingerprint density at radius 1 is 1.15 bits per heavy atom. The van der Waals surface area contributed by atoms with Gasteiger partial charge in [0.15, 0.2) is 0 Å². The Hall–Kier alpha value is -3.46. The van der Waals surface area contributed by atoms with E-state index >= 15 is 0 Å². The van der Waals surface area contributed by atoms with Gasteiger partial charge >= 0.3 is 11.1 Å². The van der Waals surface area contributed by atoms with Gasteiger partial charge in [-0.25, -0.2) is 0 Å². The number of aromatic amines is 2. The molecule has 0 amide bonds. The molecule has 3 rings (SSSR count). The Kier molecular flexibility index (Phi) is 5.32. The van der Waals surface area contributed by atoms with Gasteiger partial charge in [-0.3, -0.25) is 19.7 Å². The number of rotatable bonds is 7. The van der Waals surface area contributed by atoms with Crippen LogP contribution in [0.25, 0.3) is 11.0 Å². The number of hydrogen-bond acceptors (Lipinski definition) is 6. The third-order valence-corrected chi connectivity index (χ3v) is 3.88. The van der Waals surface area contributed by atoms with Gasteiger partial charge < -0.3 is 20.0 Å². The van der Waals surface area contributed by atoms with Gasteiger partial charge in [0, 0.05) is 24.7 Å². The lowest BCUT2D eigenvalue weighted by Gasteiger charge is -2.15. The van der Waals surface area contributed by atoms with E-state index in [1.807, 2.05) is 30.3 Å². The summed E-state index contributed by atoms with van der Waals surface area (Å²) in [5, 5.41) is 14.2. The van der Waals surface area contributed by atoms with Crippen molar-refractivity contribution in [2.75, 3.05) is 6.61 Å². The summed E-state index contributed by atoms with van der Waals surface area (Å²) in [4.78, 5) is 38.5. The predicted octanol–water partition coefficient (Wildman–Crippen LogP) is 1.50. The Balaban J connectivity index is 1.78. The summed E-state index contributed by atoms with van der Waals surface area (Å²) in [6.07, 6.45) is 0. The summed E-state index contributed by atoms with van der Waals surface area (Å²) in [6, 6.07) is 11.5. The number of hydrogen-bond donors (Lipinski definition) is 3. The molecule has 9 heteroatoms. The molecule has 0 saturated heterocycles. The summed E-state index contributed by atoms with van der Waals surface area (Å²) in [5.74, 6) is 0.704. The molecule has 0 aliphatic heterocycles. The molecule has 1 heterocycles. The number of nitrogens with one attached hydrogen (secondary N) is 3. The van der Waals surface area contributed by atoms with Crippen LogP contribution < -0.4 is 21.2 Å². The summed E-state index contributed by atoms with van der Waals surface area (Å²) in [5.41, 5.74) is -0.908. The van der Waals surface area contributed by atoms with Crippen LogP contribution in [0.1, 0.15) is 5.56 Å². The van der Waals surface area contributed by atoms with Crippen LogP contribution >= 0.6 is 0 Å². The van der Waals surface area contributed by atoms with Crippen molar-refractivity contribution < 1.29 is 9.66 Å². The number of nitro groups is 1. The molecule has 1 unspecified atom stereocenters. The van der Waals surface area contributed by atoms with Crippen LogP contribution in [0.3, 0.4) is 0 Å². The number of H-pyrrole nitrogens is 2. The zero-order valence-corrected chi connectivity index (χ0v) is 14.2. The van der Waals surface area contributed by atoms with Crippen LogP contribution in [0, 0.1) is 17.0 Å². The van der Waals surface area contributed by atoms with Gasteiger partial charge in [-0.1, -0.05) is 18.2 Å². The molecule has 1 aromatic heterocycles. The van der Waals surface area contributed by atoms with E-state index in [0.29, 0.717) is 16.8 Å². The highest BCUT2D eigenvalue weighted by Crippen LogP contribution is 2.21. The number of para-hydroxylation sites is 1. The first-order valence-electron chi connectivity index (χ1n) is 8.12. The fraction of sp³-hybridized carbons (Fsp3) is 0.167. The van der Waals surface area contributed by atoms with Crippen molar-refractivity contribution in [1.29, 1.82) is 0 Å². The van der Waals surface area contributed by atoms with E-state index in [0.717, 1.165) is 0 Å². The van der Waals surface area contributed by atoms with Crippen molar-refractivity contribution in [2.24, 2.45) is 0 Å². The number of fused-ring (bicyclic) bond motifs is 1. The summed E-state index contributed by atoms with van der Waals surface area (Å²) < 4.78 is 5.60. The summed E-state index contributed by atoms with van der Waals surface area (Å²) in [6.45, 7) is 4.41. The van der Waals surface area contributed by atoms with Crippen molar-refractivity contribution in [2.45, 2.75) is 12.6 Å². The molecule has 3 aromatic rings. The van der Waals surface area contributed by atoms with Crippen LogP contribution in [0.4, 0.5) is 5.69 Å². The second kappa shape index (κ2) is 7.83. The zero-order valence-electron chi connectivity index (χ0n) is 14.2. The quantitative estimate of drug-likeness (QED) is 0.329. The van der Waals surface area contributed by atoms with Crippen LogP contribution in [-0.4, -0.2) is 27.5 Å². The van der Waals surface area contributed by atoms with Crippen molar-refractivity contribution in [3.63, 3.8) is 0 Å². The van der Waals surface area contributed by atoms with Crippen LogP contribution in [0.5, 0.6) is 5.75 Å². The fourth-order valence-corrected chi connectivity index (χ4v) is 2.55. The smallest absolute Gasteiger partial charge is 0.314 e. The molecule has 0 aliphatic rings. The summed E-state index contributed by atoms with van der Waals surface area (Å²) in [7, 11) is 0. The van der Waals surface area contributed by atoms with E-state index in [9.17, 15) is 19.7 Å². The van der Waals surface area contributed by atoms with Gasteiger partial charge in [-0.2, -0.15) is 0 Å². The molecule has 1 atom stereocenters. The maximum Gasteiger partial charge on any atom is 0.314 e. The minimum Gasteiger partial charge on any atom is -0.492 e. The van der Waals surface area contributed by atoms with Gasteiger partial charge in [-0.05, 0) is 24.6 Å². The first kappa shape index (κ1) is 18.3. The standard InChI is InChI=1S/C18H17N4O5/c1-11(10-27-14-5-3-2-4-6-14)19-9-12-7-13(22(25)26)8-15-16(12)21-18(24)17(23)20-15/h2-8,11,19H,1,9-10H2,(H,20,23)(H,21,24). The molecule has 2 aromatic carbocycles. The van der Waals surface area contributed by atoms with Crippen LogP contribution in [0.15, 0.2) is 52.1 Å². The highest BCUT2D eigenvalue weighted by atomic mass is 16.6. The predicted molar refractivity (Wildman–Crippen MR) is 99.8 cm³/mol. The third kappa shape index (κ3) is 4.39. The third-order valence-electron chi connectivity index (χ3n) is 3.88. The van der Waals surface area contributed by atoms with Gasteiger partial charge in [-0.15, -0.1) is 0 Å². The molecule has 0 spiro atoms. The normalized spacial score (nSPS) is 12.0. The summed E-state index contributed by atoms with van der Waals surface area (Å²) >= 11 is 0. The molecule has 139 valence electrons. The molecule has 0 bridgehead atoms. The van der Waals surface area contributed by atoms with Crippen molar-refractivity contribution in [3.8, 4) is 5.75 Å². The lowest BCUT2D eigenvalue weighted by atomic mass is 10.1. The van der Waals surface area contributed by atoms with Crippen molar-refractivity contribution in [3.05, 3.63) is 85.8 Å². The van der Waals surface area contributed by atoms with Crippen LogP contribution in [-0.2, 0) is 6.54 Å². The first-order valence-corrected chi connectivity index (χ1v) is 8.12. The van der Waals surface area contributed by atoms with E-state index in [-0.39, 0.29) is 30.4 Å². The second-order valence-electron chi connectivity index (χ2n) is 5.89. The minimum absolute atomic E-state index is 0.187. The van der Waals surface area contributed by atoms with Gasteiger partial charge in [0.05, 0.1) is 16.0 Å². The second-order valence-corrected chi connectivity index (χ2v) is 5.89. The maximum atomic E-state index is 11.6. The number of ether oxygens (including phenoxy) is 1.